The Balaban J connectivity index is 1.45. The van der Waals surface area contributed by atoms with Crippen LogP contribution >= 0.6 is 11.3 Å². The SMILES string of the molecule is COc1ccc(OC)c(CN2CCN(c3nc4c(C)ccc(C)c4s3)CC2)c1. The maximum Gasteiger partial charge on any atom is 0.186 e. The Labute approximate surface area is 170 Å². The molecular formula is C22H27N3O2S. The van der Waals surface area contributed by atoms with Gasteiger partial charge in [-0.1, -0.05) is 23.5 Å². The molecule has 0 atom stereocenters. The van der Waals surface area contributed by atoms with Crippen molar-refractivity contribution in [3.63, 3.8) is 0 Å². The van der Waals surface area contributed by atoms with Gasteiger partial charge in [-0.15, -0.1) is 0 Å². The lowest BCUT2D eigenvalue weighted by molar-refractivity contribution is 0.245. The number of ether oxygens (including phenoxy) is 2. The van der Waals surface area contributed by atoms with Crippen LogP contribution in [-0.4, -0.2) is 50.3 Å². The van der Waals surface area contributed by atoms with Crippen molar-refractivity contribution in [3.8, 4) is 11.5 Å². The van der Waals surface area contributed by atoms with Gasteiger partial charge in [-0.2, -0.15) is 0 Å². The predicted octanol–water partition coefficient (Wildman–Crippen LogP) is 4.25. The third-order valence-corrected chi connectivity index (χ3v) is 6.71. The van der Waals surface area contributed by atoms with E-state index in [9.17, 15) is 0 Å². The molecule has 1 aliphatic heterocycles. The molecule has 0 bridgehead atoms. The highest BCUT2D eigenvalue weighted by Crippen LogP contribution is 2.33. The molecule has 2 heterocycles. The van der Waals surface area contributed by atoms with Crippen molar-refractivity contribution in [2.75, 3.05) is 45.3 Å². The Morgan fingerprint density at radius 1 is 0.964 bits per heavy atom. The molecule has 1 aromatic heterocycles. The summed E-state index contributed by atoms with van der Waals surface area (Å²) in [4.78, 5) is 9.83. The Bertz CT molecular complexity index is 938. The Kier molecular flexibility index (Phi) is 5.42. The Morgan fingerprint density at radius 3 is 2.39 bits per heavy atom. The molecule has 0 unspecified atom stereocenters. The highest BCUT2D eigenvalue weighted by Gasteiger charge is 2.21. The summed E-state index contributed by atoms with van der Waals surface area (Å²) in [6.45, 7) is 9.18. The minimum atomic E-state index is 0.867. The molecule has 0 saturated carbocycles. The molecule has 2 aromatic carbocycles. The van der Waals surface area contributed by atoms with E-state index >= 15 is 0 Å². The summed E-state index contributed by atoms with van der Waals surface area (Å²) in [6, 6.07) is 10.4. The molecule has 6 heteroatoms. The van der Waals surface area contributed by atoms with Crippen molar-refractivity contribution in [2.45, 2.75) is 20.4 Å². The first-order chi connectivity index (χ1) is 13.6. The van der Waals surface area contributed by atoms with E-state index in [0.717, 1.165) is 54.9 Å². The summed E-state index contributed by atoms with van der Waals surface area (Å²) in [5, 5.41) is 1.14. The molecule has 0 amide bonds. The molecular weight excluding hydrogens is 370 g/mol. The third-order valence-electron chi connectivity index (χ3n) is 5.46. The Hall–Kier alpha value is -2.31. The quantitative estimate of drug-likeness (QED) is 0.643. The fourth-order valence-electron chi connectivity index (χ4n) is 3.73. The van der Waals surface area contributed by atoms with Gasteiger partial charge in [-0.25, -0.2) is 4.98 Å². The van der Waals surface area contributed by atoms with Crippen LogP contribution in [0.1, 0.15) is 16.7 Å². The standard InChI is InChI=1S/C22H27N3O2S/c1-15-5-6-16(2)21-20(15)23-22(28-21)25-11-9-24(10-12-25)14-17-13-18(26-3)7-8-19(17)27-4/h5-8,13H,9-12,14H2,1-4H3. The van der Waals surface area contributed by atoms with E-state index in [1.807, 2.05) is 23.5 Å². The number of methoxy groups -OCH3 is 2. The van der Waals surface area contributed by atoms with E-state index in [1.165, 1.54) is 21.4 Å². The van der Waals surface area contributed by atoms with E-state index in [1.54, 1.807) is 14.2 Å². The zero-order chi connectivity index (χ0) is 19.7. The average Bonchev–Trinajstić information content (AvgIpc) is 3.18. The van der Waals surface area contributed by atoms with Crippen LogP contribution in [0.4, 0.5) is 5.13 Å². The molecule has 1 aliphatic rings. The van der Waals surface area contributed by atoms with Crippen LogP contribution < -0.4 is 14.4 Å². The van der Waals surface area contributed by atoms with Crippen molar-refractivity contribution >= 4 is 26.7 Å². The molecule has 1 saturated heterocycles. The van der Waals surface area contributed by atoms with Crippen LogP contribution in [0.5, 0.6) is 11.5 Å². The van der Waals surface area contributed by atoms with Crippen LogP contribution in [0.15, 0.2) is 30.3 Å². The number of fused-ring (bicyclic) bond motifs is 1. The summed E-state index contributed by atoms with van der Waals surface area (Å²) >= 11 is 1.82. The normalized spacial score (nSPS) is 15.2. The van der Waals surface area contributed by atoms with Gasteiger partial charge < -0.3 is 14.4 Å². The zero-order valence-corrected chi connectivity index (χ0v) is 17.8. The molecule has 0 spiro atoms. The first-order valence-electron chi connectivity index (χ1n) is 9.64. The summed E-state index contributed by atoms with van der Waals surface area (Å²) in [7, 11) is 3.42. The lowest BCUT2D eigenvalue weighted by Gasteiger charge is -2.34. The Morgan fingerprint density at radius 2 is 1.71 bits per heavy atom. The van der Waals surface area contributed by atoms with Crippen LogP contribution in [0.25, 0.3) is 10.2 Å². The lowest BCUT2D eigenvalue weighted by Crippen LogP contribution is -2.46. The second-order valence-electron chi connectivity index (χ2n) is 7.31. The molecule has 4 rings (SSSR count). The molecule has 28 heavy (non-hydrogen) atoms. The van der Waals surface area contributed by atoms with E-state index in [-0.39, 0.29) is 0 Å². The van der Waals surface area contributed by atoms with Crippen LogP contribution in [0.2, 0.25) is 0 Å². The number of aromatic nitrogens is 1. The summed E-state index contributed by atoms with van der Waals surface area (Å²) in [6.07, 6.45) is 0. The highest BCUT2D eigenvalue weighted by molar-refractivity contribution is 7.22. The number of benzene rings is 2. The van der Waals surface area contributed by atoms with Gasteiger partial charge in [0.05, 0.1) is 24.4 Å². The van der Waals surface area contributed by atoms with Crippen LogP contribution in [0.3, 0.4) is 0 Å². The van der Waals surface area contributed by atoms with Gasteiger partial charge >= 0.3 is 0 Å². The molecule has 0 N–H and O–H groups in total. The van der Waals surface area contributed by atoms with Crippen molar-refractivity contribution < 1.29 is 9.47 Å². The molecule has 3 aromatic rings. The smallest absolute Gasteiger partial charge is 0.186 e. The lowest BCUT2D eigenvalue weighted by atomic mass is 10.1. The van der Waals surface area contributed by atoms with Crippen molar-refractivity contribution in [3.05, 3.63) is 47.0 Å². The van der Waals surface area contributed by atoms with Gasteiger partial charge in [0, 0.05) is 38.3 Å². The highest BCUT2D eigenvalue weighted by atomic mass is 32.1. The van der Waals surface area contributed by atoms with Crippen molar-refractivity contribution in [2.24, 2.45) is 0 Å². The number of thiazole rings is 1. The summed E-state index contributed by atoms with van der Waals surface area (Å²) < 4.78 is 12.2. The number of hydrogen-bond acceptors (Lipinski definition) is 6. The van der Waals surface area contributed by atoms with Crippen LogP contribution in [0, 0.1) is 13.8 Å². The summed E-state index contributed by atoms with van der Waals surface area (Å²) in [5.41, 5.74) is 4.89. The van der Waals surface area contributed by atoms with Crippen LogP contribution in [-0.2, 0) is 6.54 Å². The molecule has 148 valence electrons. The van der Waals surface area contributed by atoms with Crippen molar-refractivity contribution in [1.82, 2.24) is 9.88 Å². The third kappa shape index (κ3) is 3.66. The maximum absolute atomic E-state index is 5.53. The molecule has 1 fully saturated rings. The minimum absolute atomic E-state index is 0.867. The largest absolute Gasteiger partial charge is 0.497 e. The molecule has 0 radical (unpaired) electrons. The number of anilines is 1. The number of piperazine rings is 1. The zero-order valence-electron chi connectivity index (χ0n) is 17.0. The topological polar surface area (TPSA) is 37.8 Å². The monoisotopic (exact) mass is 397 g/mol. The van der Waals surface area contributed by atoms with Gasteiger partial charge in [-0.05, 0) is 43.2 Å². The number of rotatable bonds is 5. The predicted molar refractivity (Wildman–Crippen MR) is 116 cm³/mol. The molecule has 5 nitrogen and oxygen atoms in total. The molecule has 0 aliphatic carbocycles. The minimum Gasteiger partial charge on any atom is -0.497 e. The van der Waals surface area contributed by atoms with E-state index in [0.29, 0.717) is 0 Å². The second-order valence-corrected chi connectivity index (χ2v) is 8.29. The van der Waals surface area contributed by atoms with E-state index < -0.39 is 0 Å². The average molecular weight is 398 g/mol. The summed E-state index contributed by atoms with van der Waals surface area (Å²) in [5.74, 6) is 1.79. The van der Waals surface area contributed by atoms with Gasteiger partial charge in [0.2, 0.25) is 0 Å². The van der Waals surface area contributed by atoms with E-state index in [2.05, 4.69) is 41.8 Å². The number of hydrogen-bond donors (Lipinski definition) is 0. The second kappa shape index (κ2) is 7.97. The maximum atomic E-state index is 5.53. The van der Waals surface area contributed by atoms with E-state index in [4.69, 9.17) is 14.5 Å². The van der Waals surface area contributed by atoms with Crippen molar-refractivity contribution in [1.29, 1.82) is 0 Å². The first kappa shape index (κ1) is 19.0. The van der Waals surface area contributed by atoms with Gasteiger partial charge in [-0.3, -0.25) is 4.90 Å². The number of aryl methyl sites for hydroxylation is 2. The van der Waals surface area contributed by atoms with Gasteiger partial charge in [0.1, 0.15) is 11.5 Å². The van der Waals surface area contributed by atoms with Gasteiger partial charge in [0.25, 0.3) is 0 Å². The van der Waals surface area contributed by atoms with Gasteiger partial charge in [0.15, 0.2) is 5.13 Å². The fraction of sp³-hybridized carbons (Fsp3) is 0.409. The fourth-order valence-corrected chi connectivity index (χ4v) is 4.89. The first-order valence-corrected chi connectivity index (χ1v) is 10.5. The number of nitrogens with zero attached hydrogens (tertiary/aromatic N) is 3.